The van der Waals surface area contributed by atoms with Crippen LogP contribution >= 0.6 is 24.8 Å². The maximum Gasteiger partial charge on any atom is 0.0717 e. The van der Waals surface area contributed by atoms with Crippen molar-refractivity contribution in [1.29, 1.82) is 0 Å². The van der Waals surface area contributed by atoms with Crippen LogP contribution in [-0.4, -0.2) is 10.1 Å². The number of halogens is 2. The Balaban J connectivity index is 0. The summed E-state index contributed by atoms with van der Waals surface area (Å²) in [4.78, 5) is 3.78. The van der Waals surface area contributed by atoms with Crippen LogP contribution in [0.25, 0.3) is 0 Å². The highest BCUT2D eigenvalue weighted by atomic mass is 35.5. The van der Waals surface area contributed by atoms with Crippen LogP contribution in [0.4, 0.5) is 5.69 Å². The lowest BCUT2D eigenvalue weighted by molar-refractivity contribution is 0.282. The summed E-state index contributed by atoms with van der Waals surface area (Å²) < 4.78 is 0. The van der Waals surface area contributed by atoms with E-state index in [1.165, 1.54) is 0 Å². The third kappa shape index (κ3) is 3.41. The molecule has 0 unspecified atom stereocenters. The van der Waals surface area contributed by atoms with Crippen LogP contribution in [0.2, 0.25) is 0 Å². The Bertz CT molecular complexity index is 208. The number of nitrogens with two attached hydrogens (primary N) is 1. The van der Waals surface area contributed by atoms with Gasteiger partial charge in [-0.3, -0.25) is 4.98 Å². The number of hydrogen-bond acceptors (Lipinski definition) is 3. The molecule has 64 valence electrons. The first-order chi connectivity index (χ1) is 4.34. The summed E-state index contributed by atoms with van der Waals surface area (Å²) in [5.74, 6) is 0. The van der Waals surface area contributed by atoms with Gasteiger partial charge >= 0.3 is 0 Å². The molecular weight excluding hydrogens is 187 g/mol. The average Bonchev–Trinajstić information content (AvgIpc) is 1.89. The Hall–Kier alpha value is -0.510. The Kier molecular flexibility index (Phi) is 7.41. The van der Waals surface area contributed by atoms with Gasteiger partial charge < -0.3 is 10.8 Å². The zero-order chi connectivity index (χ0) is 6.69. The van der Waals surface area contributed by atoms with Crippen molar-refractivity contribution in [3.05, 3.63) is 24.0 Å². The van der Waals surface area contributed by atoms with E-state index in [1.54, 1.807) is 18.5 Å². The molecule has 1 rings (SSSR count). The number of nitrogen functional groups attached to an aromatic ring is 1. The molecule has 1 heterocycles. The molecule has 11 heavy (non-hydrogen) atoms. The van der Waals surface area contributed by atoms with Gasteiger partial charge in [-0.1, -0.05) is 0 Å². The van der Waals surface area contributed by atoms with Gasteiger partial charge in [0.1, 0.15) is 0 Å². The van der Waals surface area contributed by atoms with Gasteiger partial charge in [-0.25, -0.2) is 0 Å². The molecule has 0 radical (unpaired) electrons. The number of anilines is 1. The van der Waals surface area contributed by atoms with E-state index in [0.29, 0.717) is 11.3 Å². The Morgan fingerprint density at radius 3 is 2.45 bits per heavy atom. The number of aromatic nitrogens is 1. The Labute approximate surface area is 77.5 Å². The lowest BCUT2D eigenvalue weighted by Crippen LogP contribution is -1.93. The third-order valence-electron chi connectivity index (χ3n) is 1.11. The largest absolute Gasteiger partial charge is 0.398 e. The van der Waals surface area contributed by atoms with Gasteiger partial charge in [0.2, 0.25) is 0 Å². The SMILES string of the molecule is Cl.Cl.Nc1ccncc1CO. The number of nitrogens with zero attached hydrogens (tertiary/aromatic N) is 1. The molecule has 0 aromatic carbocycles. The van der Waals surface area contributed by atoms with Crippen molar-refractivity contribution in [1.82, 2.24) is 4.98 Å². The van der Waals surface area contributed by atoms with Crippen LogP contribution < -0.4 is 5.73 Å². The maximum atomic E-state index is 8.60. The molecule has 3 N–H and O–H groups in total. The minimum atomic E-state index is -0.0420. The summed E-state index contributed by atoms with van der Waals surface area (Å²) >= 11 is 0. The monoisotopic (exact) mass is 196 g/mol. The number of hydrogen-bond donors (Lipinski definition) is 2. The van der Waals surface area contributed by atoms with Crippen molar-refractivity contribution < 1.29 is 5.11 Å². The van der Waals surface area contributed by atoms with Crippen molar-refractivity contribution in [2.75, 3.05) is 5.73 Å². The zero-order valence-corrected chi connectivity index (χ0v) is 7.36. The van der Waals surface area contributed by atoms with Crippen LogP contribution in [0.5, 0.6) is 0 Å². The minimum Gasteiger partial charge on any atom is -0.398 e. The summed E-state index contributed by atoms with van der Waals surface area (Å²) in [6, 6.07) is 1.66. The zero-order valence-electron chi connectivity index (χ0n) is 5.73. The first-order valence-electron chi connectivity index (χ1n) is 2.64. The second-order valence-corrected chi connectivity index (χ2v) is 1.73. The Morgan fingerprint density at radius 2 is 2.09 bits per heavy atom. The summed E-state index contributed by atoms with van der Waals surface area (Å²) in [5, 5.41) is 8.60. The fourth-order valence-electron chi connectivity index (χ4n) is 0.570. The fraction of sp³-hybridized carbons (Fsp3) is 0.167. The number of pyridine rings is 1. The van der Waals surface area contributed by atoms with E-state index < -0.39 is 0 Å². The highest BCUT2D eigenvalue weighted by molar-refractivity contribution is 5.85. The number of aliphatic hydroxyl groups is 1. The van der Waals surface area contributed by atoms with Crippen LogP contribution in [0.15, 0.2) is 18.5 Å². The molecule has 0 aliphatic rings. The van der Waals surface area contributed by atoms with E-state index in [2.05, 4.69) is 4.98 Å². The molecule has 0 bridgehead atoms. The predicted octanol–water partition coefficient (Wildman–Crippen LogP) is 1.000. The van der Waals surface area contributed by atoms with Crippen LogP contribution in [-0.2, 0) is 6.61 Å². The lowest BCUT2D eigenvalue weighted by Gasteiger charge is -1.97. The molecule has 1 aromatic rings. The van der Waals surface area contributed by atoms with E-state index in [4.69, 9.17) is 10.8 Å². The van der Waals surface area contributed by atoms with Gasteiger partial charge in [0.05, 0.1) is 6.61 Å². The van der Waals surface area contributed by atoms with E-state index in [1.807, 2.05) is 0 Å². The van der Waals surface area contributed by atoms with Crippen molar-refractivity contribution in [3.63, 3.8) is 0 Å². The van der Waals surface area contributed by atoms with Gasteiger partial charge in [0.15, 0.2) is 0 Å². The quantitative estimate of drug-likeness (QED) is 0.705. The van der Waals surface area contributed by atoms with Crippen molar-refractivity contribution in [2.24, 2.45) is 0 Å². The standard InChI is InChI=1S/C6H8N2O.2ClH/c7-6-1-2-8-3-5(6)4-9;;/h1-3,9H,4H2,(H2,7,8);2*1H. The fourth-order valence-corrected chi connectivity index (χ4v) is 0.570. The molecular formula is C6H10Cl2N2O. The molecule has 5 heteroatoms. The molecule has 0 atom stereocenters. The second-order valence-electron chi connectivity index (χ2n) is 1.73. The summed E-state index contributed by atoms with van der Waals surface area (Å²) in [6.45, 7) is -0.0420. The molecule has 0 spiro atoms. The minimum absolute atomic E-state index is 0. The average molecular weight is 197 g/mol. The Morgan fingerprint density at radius 1 is 1.45 bits per heavy atom. The smallest absolute Gasteiger partial charge is 0.0717 e. The molecule has 0 fully saturated rings. The van der Waals surface area contributed by atoms with Crippen molar-refractivity contribution >= 4 is 30.5 Å². The molecule has 0 amide bonds. The molecule has 0 saturated heterocycles. The van der Waals surface area contributed by atoms with E-state index in [-0.39, 0.29) is 31.4 Å². The number of rotatable bonds is 1. The molecule has 0 aliphatic heterocycles. The topological polar surface area (TPSA) is 59.1 Å². The van der Waals surface area contributed by atoms with E-state index >= 15 is 0 Å². The van der Waals surface area contributed by atoms with Gasteiger partial charge in [-0.15, -0.1) is 24.8 Å². The third-order valence-corrected chi connectivity index (χ3v) is 1.11. The normalized spacial score (nSPS) is 7.73. The highest BCUT2D eigenvalue weighted by Gasteiger charge is 1.92. The van der Waals surface area contributed by atoms with Crippen molar-refractivity contribution in [2.45, 2.75) is 6.61 Å². The van der Waals surface area contributed by atoms with Crippen LogP contribution in [0.3, 0.4) is 0 Å². The molecule has 0 saturated carbocycles. The van der Waals surface area contributed by atoms with Crippen molar-refractivity contribution in [3.8, 4) is 0 Å². The van der Waals surface area contributed by atoms with Crippen LogP contribution in [0.1, 0.15) is 5.56 Å². The molecule has 3 nitrogen and oxygen atoms in total. The molecule has 0 aliphatic carbocycles. The van der Waals surface area contributed by atoms with Crippen LogP contribution in [0, 0.1) is 0 Å². The van der Waals surface area contributed by atoms with Gasteiger partial charge in [-0.2, -0.15) is 0 Å². The van der Waals surface area contributed by atoms with Gasteiger partial charge in [0, 0.05) is 23.6 Å². The molecule has 1 aromatic heterocycles. The van der Waals surface area contributed by atoms with E-state index in [0.717, 1.165) is 0 Å². The predicted molar refractivity (Wildman–Crippen MR) is 49.1 cm³/mol. The summed E-state index contributed by atoms with van der Waals surface area (Å²) in [5.41, 5.74) is 6.70. The first kappa shape index (κ1) is 13.1. The lowest BCUT2D eigenvalue weighted by atomic mass is 10.2. The second kappa shape index (κ2) is 6.22. The number of aliphatic hydroxyl groups excluding tert-OH is 1. The maximum absolute atomic E-state index is 8.60. The van der Waals surface area contributed by atoms with Gasteiger partial charge in [0.25, 0.3) is 0 Å². The summed E-state index contributed by atoms with van der Waals surface area (Å²) in [6.07, 6.45) is 3.14. The van der Waals surface area contributed by atoms with E-state index in [9.17, 15) is 0 Å². The highest BCUT2D eigenvalue weighted by Crippen LogP contribution is 2.06. The first-order valence-corrected chi connectivity index (χ1v) is 2.64. The van der Waals surface area contributed by atoms with Gasteiger partial charge in [-0.05, 0) is 6.07 Å². The summed E-state index contributed by atoms with van der Waals surface area (Å²) in [7, 11) is 0.